The smallest absolute Gasteiger partial charge is 0.253 e. The highest BCUT2D eigenvalue weighted by atomic mass is 19.1. The van der Waals surface area contributed by atoms with Gasteiger partial charge in [0.2, 0.25) is 11.9 Å². The molecule has 3 aromatic heterocycles. The van der Waals surface area contributed by atoms with E-state index >= 15 is 0 Å². The van der Waals surface area contributed by atoms with Crippen molar-refractivity contribution in [2.24, 2.45) is 0 Å². The molecule has 202 valence electrons. The van der Waals surface area contributed by atoms with Crippen LogP contribution in [0.15, 0.2) is 43.0 Å². The second-order valence-electron chi connectivity index (χ2n) is 9.37. The number of carbonyl (C=O) groups is 2. The van der Waals surface area contributed by atoms with Crippen LogP contribution in [0.4, 0.5) is 21.7 Å². The summed E-state index contributed by atoms with van der Waals surface area (Å²) in [6.45, 7) is 4.12. The molecular formula is C25H27FN10O3. The summed E-state index contributed by atoms with van der Waals surface area (Å²) >= 11 is 0. The van der Waals surface area contributed by atoms with E-state index in [0.717, 1.165) is 18.5 Å². The fourth-order valence-electron chi connectivity index (χ4n) is 4.68. The lowest BCUT2D eigenvalue weighted by molar-refractivity contribution is -0.132. The maximum absolute atomic E-state index is 14.5. The van der Waals surface area contributed by atoms with Crippen molar-refractivity contribution in [1.29, 1.82) is 0 Å². The average molecular weight is 535 g/mol. The highest BCUT2D eigenvalue weighted by Crippen LogP contribution is 2.23. The quantitative estimate of drug-likeness (QED) is 0.352. The molecular weight excluding hydrogens is 507 g/mol. The molecule has 2 aliphatic rings. The Morgan fingerprint density at radius 1 is 1.10 bits per heavy atom. The average Bonchev–Trinajstić information content (AvgIpc) is 3.55. The van der Waals surface area contributed by atoms with E-state index in [9.17, 15) is 14.0 Å². The predicted molar refractivity (Wildman–Crippen MR) is 139 cm³/mol. The van der Waals surface area contributed by atoms with Gasteiger partial charge in [-0.3, -0.25) is 14.3 Å². The van der Waals surface area contributed by atoms with Gasteiger partial charge in [0.1, 0.15) is 19.0 Å². The summed E-state index contributed by atoms with van der Waals surface area (Å²) in [6, 6.07) is 4.53. The van der Waals surface area contributed by atoms with Gasteiger partial charge in [-0.25, -0.2) is 14.1 Å². The van der Waals surface area contributed by atoms with Crippen LogP contribution in [-0.4, -0.2) is 92.2 Å². The lowest BCUT2D eigenvalue weighted by atomic mass is 10.1. The Hall–Kier alpha value is -4.43. The van der Waals surface area contributed by atoms with Gasteiger partial charge in [0.25, 0.3) is 5.91 Å². The van der Waals surface area contributed by atoms with Crippen LogP contribution in [0.25, 0.3) is 11.0 Å². The summed E-state index contributed by atoms with van der Waals surface area (Å²) < 4.78 is 22.9. The third-order valence-electron chi connectivity index (χ3n) is 6.61. The fraction of sp³-hybridized carbons (Fsp3) is 0.360. The van der Waals surface area contributed by atoms with Crippen LogP contribution in [0.2, 0.25) is 0 Å². The Morgan fingerprint density at radius 2 is 1.97 bits per heavy atom. The number of rotatable bonds is 7. The van der Waals surface area contributed by atoms with Crippen molar-refractivity contribution in [2.75, 3.05) is 56.2 Å². The molecule has 39 heavy (non-hydrogen) atoms. The van der Waals surface area contributed by atoms with Gasteiger partial charge < -0.3 is 25.2 Å². The topological polar surface area (TPSA) is 135 Å². The molecule has 2 fully saturated rings. The van der Waals surface area contributed by atoms with Crippen LogP contribution in [-0.2, 0) is 27.4 Å². The van der Waals surface area contributed by atoms with Gasteiger partial charge >= 0.3 is 0 Å². The number of nitrogens with zero attached hydrogens (tertiary/aromatic N) is 8. The van der Waals surface area contributed by atoms with E-state index in [0.29, 0.717) is 54.8 Å². The minimum Gasteiger partial charge on any atom is -0.370 e. The van der Waals surface area contributed by atoms with E-state index < -0.39 is 5.82 Å². The van der Waals surface area contributed by atoms with Crippen LogP contribution in [0, 0.1) is 5.82 Å². The molecule has 13 nitrogen and oxygen atoms in total. The van der Waals surface area contributed by atoms with Crippen LogP contribution in [0.3, 0.4) is 0 Å². The molecule has 0 spiro atoms. The first kappa shape index (κ1) is 24.9. The number of aromatic nitrogens is 6. The predicted octanol–water partition coefficient (Wildman–Crippen LogP) is 0.749. The van der Waals surface area contributed by atoms with E-state index in [2.05, 4.69) is 30.8 Å². The molecule has 2 N–H and O–H groups in total. The largest absolute Gasteiger partial charge is 0.370 e. The Kier molecular flexibility index (Phi) is 6.85. The Balaban J connectivity index is 1.17. The molecule has 2 aliphatic heterocycles. The van der Waals surface area contributed by atoms with E-state index in [1.807, 2.05) is 4.90 Å². The van der Waals surface area contributed by atoms with Crippen LogP contribution in [0.5, 0.6) is 0 Å². The van der Waals surface area contributed by atoms with Crippen molar-refractivity contribution in [3.05, 3.63) is 54.4 Å². The summed E-state index contributed by atoms with van der Waals surface area (Å²) in [5, 5.41) is 15.8. The molecule has 5 heterocycles. The molecule has 0 saturated carbocycles. The molecule has 0 bridgehead atoms. The fourth-order valence-corrected chi connectivity index (χ4v) is 4.68. The van der Waals surface area contributed by atoms with Crippen molar-refractivity contribution in [3.63, 3.8) is 0 Å². The van der Waals surface area contributed by atoms with Gasteiger partial charge in [-0.15, -0.1) is 0 Å². The summed E-state index contributed by atoms with van der Waals surface area (Å²) in [7, 11) is 0. The first-order valence-electron chi connectivity index (χ1n) is 12.7. The number of anilines is 3. The van der Waals surface area contributed by atoms with Gasteiger partial charge in [0.15, 0.2) is 5.65 Å². The number of ether oxygens (including phenoxy) is 1. The highest BCUT2D eigenvalue weighted by molar-refractivity contribution is 5.95. The van der Waals surface area contributed by atoms with Crippen LogP contribution in [0.1, 0.15) is 5.56 Å². The number of piperazine rings is 1. The number of hydrogen-bond donors (Lipinski definition) is 2. The Morgan fingerprint density at radius 3 is 2.82 bits per heavy atom. The van der Waals surface area contributed by atoms with Gasteiger partial charge in [0, 0.05) is 50.8 Å². The first-order valence-corrected chi connectivity index (χ1v) is 12.7. The van der Waals surface area contributed by atoms with Gasteiger partial charge in [0.05, 0.1) is 36.6 Å². The van der Waals surface area contributed by atoms with E-state index in [1.54, 1.807) is 40.2 Å². The number of carbonyl (C=O) groups excluding carboxylic acids is 2. The van der Waals surface area contributed by atoms with Crippen molar-refractivity contribution in [2.45, 2.75) is 13.1 Å². The van der Waals surface area contributed by atoms with E-state index in [1.165, 1.54) is 17.0 Å². The minimum absolute atomic E-state index is 0.0196. The second kappa shape index (κ2) is 10.7. The molecule has 14 heteroatoms. The normalized spacial score (nSPS) is 16.2. The number of hydrogen-bond acceptors (Lipinski definition) is 9. The number of fused-ring (bicyclic) bond motifs is 1. The highest BCUT2D eigenvalue weighted by Gasteiger charge is 2.21. The van der Waals surface area contributed by atoms with Crippen LogP contribution < -0.4 is 15.5 Å². The van der Waals surface area contributed by atoms with Crippen molar-refractivity contribution >= 4 is 40.2 Å². The zero-order chi connectivity index (χ0) is 26.8. The maximum atomic E-state index is 14.5. The van der Waals surface area contributed by atoms with Gasteiger partial charge in [-0.05, 0) is 23.8 Å². The van der Waals surface area contributed by atoms with Crippen molar-refractivity contribution < 1.29 is 18.7 Å². The van der Waals surface area contributed by atoms with Crippen molar-refractivity contribution in [1.82, 2.24) is 39.7 Å². The number of halogens is 1. The molecule has 0 unspecified atom stereocenters. The summed E-state index contributed by atoms with van der Waals surface area (Å²) in [5.74, 6) is -0.299. The third-order valence-corrected chi connectivity index (χ3v) is 6.61. The number of amides is 2. The molecule has 0 radical (unpaired) electrons. The number of benzene rings is 1. The van der Waals surface area contributed by atoms with Crippen LogP contribution >= 0.6 is 0 Å². The third kappa shape index (κ3) is 5.56. The maximum Gasteiger partial charge on any atom is 0.253 e. The minimum atomic E-state index is -0.442. The molecule has 2 amide bonds. The molecule has 6 rings (SSSR count). The molecule has 1 aromatic carbocycles. The Bertz CT molecular complexity index is 1510. The zero-order valence-electron chi connectivity index (χ0n) is 21.1. The summed E-state index contributed by atoms with van der Waals surface area (Å²) in [5.41, 5.74) is 2.32. The van der Waals surface area contributed by atoms with Gasteiger partial charge in [-0.2, -0.15) is 15.2 Å². The van der Waals surface area contributed by atoms with Crippen molar-refractivity contribution in [3.8, 4) is 0 Å². The van der Waals surface area contributed by atoms with E-state index in [-0.39, 0.29) is 31.5 Å². The standard InChI is InChI=1S/C25H27FN10O3/c26-19-7-17(8-21(9-19)35-5-6-39-16-23(35)38)13-36-24-18(11-30-36)10-28-25(32-24)31-20-12-29-34(14-20)15-22(37)33-3-1-27-2-4-33/h7-12,14,27H,1-6,13,15-16H2,(H,28,31,32). The summed E-state index contributed by atoms with van der Waals surface area (Å²) in [4.78, 5) is 37.1. The van der Waals surface area contributed by atoms with Gasteiger partial charge in [-0.1, -0.05) is 0 Å². The first-order chi connectivity index (χ1) is 19.0. The zero-order valence-corrected chi connectivity index (χ0v) is 21.1. The summed E-state index contributed by atoms with van der Waals surface area (Å²) in [6.07, 6.45) is 6.63. The molecule has 0 atom stereocenters. The monoisotopic (exact) mass is 534 g/mol. The number of nitrogens with one attached hydrogen (secondary N) is 2. The molecule has 4 aromatic rings. The van der Waals surface area contributed by atoms with E-state index in [4.69, 9.17) is 4.74 Å². The Labute approximate surface area is 222 Å². The molecule has 0 aliphatic carbocycles. The SMILES string of the molecule is O=C(Cn1cc(Nc2ncc3cnn(Cc4cc(F)cc(N5CCOCC5=O)c4)c3n2)cn1)N1CCNCC1. The molecule has 2 saturated heterocycles. The lowest BCUT2D eigenvalue weighted by Crippen LogP contribution is -2.47. The second-order valence-corrected chi connectivity index (χ2v) is 9.37. The number of morpholine rings is 1. The lowest BCUT2D eigenvalue weighted by Gasteiger charge is -2.27.